The summed E-state index contributed by atoms with van der Waals surface area (Å²) in [5.74, 6) is 0.128. The highest BCUT2D eigenvalue weighted by Crippen LogP contribution is 2.29. The van der Waals surface area contributed by atoms with Gasteiger partial charge in [0.05, 0.1) is 11.8 Å². The molecule has 0 aromatic carbocycles. The molecule has 2 N–H and O–H groups in total. The molecule has 2 aliphatic rings. The standard InChI is InChI=1S/C16H20N2O4/c1-10-13(15(19)22-11-6-3-2-4-7-11)14(18-16(20)17-10)12-8-5-9-21-12/h5,8-9,11,14H,2-4,6-7H2,1H3,(H2,17,18,20). The van der Waals surface area contributed by atoms with Crippen LogP contribution in [0.3, 0.4) is 0 Å². The molecule has 0 saturated heterocycles. The Morgan fingerprint density at radius 3 is 2.77 bits per heavy atom. The molecule has 3 rings (SSSR count). The molecule has 1 aliphatic carbocycles. The van der Waals surface area contributed by atoms with Gasteiger partial charge in [0.15, 0.2) is 0 Å². The fourth-order valence-corrected chi connectivity index (χ4v) is 3.03. The maximum absolute atomic E-state index is 12.6. The van der Waals surface area contributed by atoms with Gasteiger partial charge in [-0.2, -0.15) is 0 Å². The normalized spacial score (nSPS) is 23.0. The van der Waals surface area contributed by atoms with Crippen LogP contribution in [0.1, 0.15) is 50.8 Å². The third-order valence-electron chi connectivity index (χ3n) is 4.14. The highest BCUT2D eigenvalue weighted by atomic mass is 16.5. The Bertz CT molecular complexity index is 585. The summed E-state index contributed by atoms with van der Waals surface area (Å²) in [6.07, 6.45) is 6.67. The van der Waals surface area contributed by atoms with Crippen LogP contribution in [0.15, 0.2) is 34.1 Å². The molecule has 118 valence electrons. The Morgan fingerprint density at radius 1 is 1.32 bits per heavy atom. The smallest absolute Gasteiger partial charge is 0.338 e. The molecular formula is C16H20N2O4. The predicted octanol–water partition coefficient (Wildman–Crippen LogP) is 2.78. The Morgan fingerprint density at radius 2 is 2.09 bits per heavy atom. The van der Waals surface area contributed by atoms with Crippen molar-refractivity contribution >= 4 is 12.0 Å². The molecule has 0 spiro atoms. The first kappa shape index (κ1) is 14.7. The lowest BCUT2D eigenvalue weighted by atomic mass is 9.97. The Kier molecular flexibility index (Phi) is 4.18. The number of esters is 1. The predicted molar refractivity (Wildman–Crippen MR) is 78.8 cm³/mol. The van der Waals surface area contributed by atoms with Gasteiger partial charge in [-0.15, -0.1) is 0 Å². The van der Waals surface area contributed by atoms with Gasteiger partial charge in [-0.25, -0.2) is 9.59 Å². The molecule has 0 radical (unpaired) electrons. The van der Waals surface area contributed by atoms with Gasteiger partial charge in [0, 0.05) is 5.70 Å². The number of hydrogen-bond donors (Lipinski definition) is 2. The molecule has 2 amide bonds. The van der Waals surface area contributed by atoms with Crippen LogP contribution in [0.5, 0.6) is 0 Å². The first-order valence-corrected chi connectivity index (χ1v) is 7.68. The van der Waals surface area contributed by atoms with Crippen molar-refractivity contribution < 1.29 is 18.7 Å². The minimum atomic E-state index is -0.611. The van der Waals surface area contributed by atoms with Crippen LogP contribution in [-0.2, 0) is 9.53 Å². The first-order valence-electron chi connectivity index (χ1n) is 7.68. The zero-order chi connectivity index (χ0) is 15.5. The Balaban J connectivity index is 1.82. The van der Waals surface area contributed by atoms with Crippen molar-refractivity contribution in [3.63, 3.8) is 0 Å². The monoisotopic (exact) mass is 304 g/mol. The zero-order valence-corrected chi connectivity index (χ0v) is 12.6. The quantitative estimate of drug-likeness (QED) is 0.841. The second-order valence-electron chi connectivity index (χ2n) is 5.75. The van der Waals surface area contributed by atoms with Crippen molar-refractivity contribution in [2.24, 2.45) is 0 Å². The number of carbonyl (C=O) groups excluding carboxylic acids is 2. The summed E-state index contributed by atoms with van der Waals surface area (Å²) in [4.78, 5) is 24.3. The fourth-order valence-electron chi connectivity index (χ4n) is 3.03. The molecule has 2 heterocycles. The molecule has 1 atom stereocenters. The van der Waals surface area contributed by atoms with E-state index in [0.717, 1.165) is 25.7 Å². The number of urea groups is 1. The number of amides is 2. The molecule has 22 heavy (non-hydrogen) atoms. The third kappa shape index (κ3) is 3.00. The van der Waals surface area contributed by atoms with E-state index in [-0.39, 0.29) is 12.1 Å². The maximum Gasteiger partial charge on any atom is 0.338 e. The van der Waals surface area contributed by atoms with Crippen LogP contribution in [0.25, 0.3) is 0 Å². The molecule has 6 nitrogen and oxygen atoms in total. The van der Waals surface area contributed by atoms with Gasteiger partial charge in [-0.1, -0.05) is 6.42 Å². The van der Waals surface area contributed by atoms with Gasteiger partial charge >= 0.3 is 12.0 Å². The average Bonchev–Trinajstić information content (AvgIpc) is 3.01. The topological polar surface area (TPSA) is 80.6 Å². The second-order valence-corrected chi connectivity index (χ2v) is 5.75. The lowest BCUT2D eigenvalue weighted by molar-refractivity contribution is -0.146. The SMILES string of the molecule is CC1=C(C(=O)OC2CCCCC2)C(c2ccco2)NC(=O)N1. The summed E-state index contributed by atoms with van der Waals surface area (Å²) < 4.78 is 11.0. The van der Waals surface area contributed by atoms with Gasteiger partial charge in [0.25, 0.3) is 0 Å². The zero-order valence-electron chi connectivity index (χ0n) is 12.6. The summed E-state index contributed by atoms with van der Waals surface area (Å²) in [6.45, 7) is 1.70. The van der Waals surface area contributed by atoms with Crippen LogP contribution in [0, 0.1) is 0 Å². The molecule has 1 aromatic heterocycles. The number of nitrogens with one attached hydrogen (secondary N) is 2. The van der Waals surface area contributed by atoms with Crippen LogP contribution in [-0.4, -0.2) is 18.1 Å². The number of ether oxygens (including phenoxy) is 1. The van der Waals surface area contributed by atoms with E-state index in [9.17, 15) is 9.59 Å². The van der Waals surface area contributed by atoms with E-state index >= 15 is 0 Å². The van der Waals surface area contributed by atoms with Crippen molar-refractivity contribution in [1.29, 1.82) is 0 Å². The van der Waals surface area contributed by atoms with Crippen LogP contribution in [0.2, 0.25) is 0 Å². The van der Waals surface area contributed by atoms with E-state index in [1.165, 1.54) is 12.7 Å². The van der Waals surface area contributed by atoms with E-state index in [1.807, 2.05) is 0 Å². The average molecular weight is 304 g/mol. The third-order valence-corrected chi connectivity index (χ3v) is 4.14. The maximum atomic E-state index is 12.6. The van der Waals surface area contributed by atoms with Crippen LogP contribution < -0.4 is 10.6 Å². The molecule has 0 bridgehead atoms. The van der Waals surface area contributed by atoms with Crippen LogP contribution >= 0.6 is 0 Å². The molecule has 1 fully saturated rings. The second kappa shape index (κ2) is 6.25. The van der Waals surface area contributed by atoms with Gasteiger partial charge in [-0.05, 0) is 44.7 Å². The summed E-state index contributed by atoms with van der Waals surface area (Å²) in [6, 6.07) is 2.49. The van der Waals surface area contributed by atoms with Crippen molar-refractivity contribution in [2.45, 2.75) is 51.2 Å². The minimum Gasteiger partial charge on any atom is -0.467 e. The van der Waals surface area contributed by atoms with Crippen molar-refractivity contribution in [3.05, 3.63) is 35.4 Å². The highest BCUT2D eigenvalue weighted by Gasteiger charge is 2.35. The van der Waals surface area contributed by atoms with E-state index in [2.05, 4.69) is 10.6 Å². The lowest BCUT2D eigenvalue weighted by Crippen LogP contribution is -2.45. The number of hydrogen-bond acceptors (Lipinski definition) is 4. The van der Waals surface area contributed by atoms with E-state index in [4.69, 9.17) is 9.15 Å². The largest absolute Gasteiger partial charge is 0.467 e. The van der Waals surface area contributed by atoms with Crippen LogP contribution in [0.4, 0.5) is 4.79 Å². The summed E-state index contributed by atoms with van der Waals surface area (Å²) in [5.41, 5.74) is 0.908. The van der Waals surface area contributed by atoms with Gasteiger partial charge < -0.3 is 19.8 Å². The Hall–Kier alpha value is -2.24. The van der Waals surface area contributed by atoms with Crippen molar-refractivity contribution in [2.75, 3.05) is 0 Å². The summed E-state index contributed by atoms with van der Waals surface area (Å²) >= 11 is 0. The molecule has 1 unspecified atom stereocenters. The lowest BCUT2D eigenvalue weighted by Gasteiger charge is -2.28. The van der Waals surface area contributed by atoms with E-state index in [1.54, 1.807) is 19.1 Å². The Labute approximate surface area is 128 Å². The summed E-state index contributed by atoms with van der Waals surface area (Å²) in [5, 5.41) is 5.34. The molecule has 6 heteroatoms. The van der Waals surface area contributed by atoms with Crippen molar-refractivity contribution in [3.8, 4) is 0 Å². The number of carbonyl (C=O) groups is 2. The van der Waals surface area contributed by atoms with E-state index in [0.29, 0.717) is 17.0 Å². The number of rotatable bonds is 3. The molecule has 1 aromatic rings. The van der Waals surface area contributed by atoms with E-state index < -0.39 is 12.0 Å². The number of allylic oxidation sites excluding steroid dienone is 1. The minimum absolute atomic E-state index is 0.0311. The van der Waals surface area contributed by atoms with Gasteiger partial charge in [0.2, 0.25) is 0 Å². The molecular weight excluding hydrogens is 284 g/mol. The summed E-state index contributed by atoms with van der Waals surface area (Å²) in [7, 11) is 0. The van der Waals surface area contributed by atoms with Crippen molar-refractivity contribution in [1.82, 2.24) is 10.6 Å². The first-order chi connectivity index (χ1) is 10.6. The molecule has 1 saturated carbocycles. The number of furan rings is 1. The van der Waals surface area contributed by atoms with Gasteiger partial charge in [-0.3, -0.25) is 0 Å². The molecule has 1 aliphatic heterocycles. The highest BCUT2D eigenvalue weighted by molar-refractivity contribution is 5.94. The fraction of sp³-hybridized carbons (Fsp3) is 0.500. The van der Waals surface area contributed by atoms with Gasteiger partial charge in [0.1, 0.15) is 17.9 Å².